The van der Waals surface area contributed by atoms with E-state index in [1.54, 1.807) is 11.8 Å². The average Bonchev–Trinajstić information content (AvgIpc) is 3.03. The molecule has 0 aromatic heterocycles. The largest absolute Gasteiger partial charge is 0.492 e. The first-order chi connectivity index (χ1) is 20.7. The third-order valence-corrected chi connectivity index (χ3v) is 8.24. The summed E-state index contributed by atoms with van der Waals surface area (Å²) in [6, 6.07) is 38.8. The minimum atomic E-state index is -0.469. The molecule has 0 radical (unpaired) electrons. The van der Waals surface area contributed by atoms with E-state index in [-0.39, 0.29) is 5.44 Å². The number of benzene rings is 4. The summed E-state index contributed by atoms with van der Waals surface area (Å²) in [5, 5.41) is 0. The highest BCUT2D eigenvalue weighted by Gasteiger charge is 2.49. The van der Waals surface area contributed by atoms with E-state index in [9.17, 15) is 0 Å². The van der Waals surface area contributed by atoms with Gasteiger partial charge in [0.05, 0.1) is 32.7 Å². The van der Waals surface area contributed by atoms with Crippen LogP contribution in [0, 0.1) is 6.92 Å². The zero-order valence-corrected chi connectivity index (χ0v) is 24.7. The molecule has 1 aliphatic rings. The van der Waals surface area contributed by atoms with E-state index in [1.165, 1.54) is 11.8 Å². The normalized spacial score (nSPS) is 22.0. The smallest absolute Gasteiger partial charge is 0.162 e. The maximum absolute atomic E-state index is 6.77. The van der Waals surface area contributed by atoms with Crippen LogP contribution in [-0.4, -0.2) is 36.5 Å². The molecule has 4 aromatic rings. The van der Waals surface area contributed by atoms with Gasteiger partial charge >= 0.3 is 0 Å². The second kappa shape index (κ2) is 15.7. The van der Waals surface area contributed by atoms with Crippen molar-refractivity contribution in [3.05, 3.63) is 150 Å². The molecule has 1 aliphatic heterocycles. The number of hydrogen-bond acceptors (Lipinski definition) is 6. The van der Waals surface area contributed by atoms with Gasteiger partial charge in [-0.15, -0.1) is 0 Å². The summed E-state index contributed by atoms with van der Waals surface area (Å²) in [5.41, 5.74) is 4.07. The minimum absolute atomic E-state index is 0.339. The Kier molecular flexibility index (Phi) is 11.3. The van der Waals surface area contributed by atoms with Crippen LogP contribution in [0.25, 0.3) is 0 Å². The van der Waals surface area contributed by atoms with Crippen LogP contribution >= 0.6 is 11.8 Å². The van der Waals surface area contributed by atoms with Gasteiger partial charge in [0.15, 0.2) is 6.10 Å². The maximum atomic E-state index is 6.77. The predicted molar refractivity (Wildman–Crippen MR) is 167 cm³/mol. The lowest BCUT2D eigenvalue weighted by Gasteiger charge is -2.45. The standard InChI is InChI=1S/C36H38O5S/c1-3-38-35-34(40-25-30-17-11-6-12-18-30)33(39-24-29-15-9-5-10-16-29)32(26-37-23-28-13-7-4-8-14-28)41-36(35)42-31-21-19-27(2)20-22-31/h3-22,32-36H,1,23-26H2,2H3/t32-,33-,34+,35+,36-/m1/s1. The van der Waals surface area contributed by atoms with Crippen LogP contribution in [0.3, 0.4) is 0 Å². The topological polar surface area (TPSA) is 46.2 Å². The molecule has 0 N–H and O–H groups in total. The first-order valence-electron chi connectivity index (χ1n) is 14.3. The SMILES string of the molecule is C=CO[C@H]1[C@@H](OCc2ccccc2)[C@H](OCc2ccccc2)[C@@H](COCc2ccccc2)O[C@@H]1Sc1ccc(C)cc1. The molecular formula is C36H38O5S. The highest BCUT2D eigenvalue weighted by atomic mass is 32.2. The van der Waals surface area contributed by atoms with Crippen molar-refractivity contribution in [2.75, 3.05) is 6.61 Å². The van der Waals surface area contributed by atoms with Gasteiger partial charge in [-0.25, -0.2) is 0 Å². The fourth-order valence-corrected chi connectivity index (χ4v) is 6.02. The van der Waals surface area contributed by atoms with Crippen LogP contribution in [0.5, 0.6) is 0 Å². The average molecular weight is 583 g/mol. The summed E-state index contributed by atoms with van der Waals surface area (Å²) in [6.45, 7) is 7.59. The molecule has 1 fully saturated rings. The molecule has 1 heterocycles. The summed E-state index contributed by atoms with van der Waals surface area (Å²) >= 11 is 1.61. The Morgan fingerprint density at radius 2 is 1.19 bits per heavy atom. The van der Waals surface area contributed by atoms with E-state index in [1.807, 2.05) is 54.6 Å². The third kappa shape index (κ3) is 8.57. The van der Waals surface area contributed by atoms with Crippen molar-refractivity contribution in [2.45, 2.75) is 61.5 Å². The Hall–Kier alpha value is -3.39. The summed E-state index contributed by atoms with van der Waals surface area (Å²) in [4.78, 5) is 1.08. The first kappa shape index (κ1) is 30.1. The van der Waals surface area contributed by atoms with E-state index >= 15 is 0 Å². The molecular weight excluding hydrogens is 544 g/mol. The zero-order chi connectivity index (χ0) is 29.0. The van der Waals surface area contributed by atoms with Crippen LogP contribution < -0.4 is 0 Å². The lowest BCUT2D eigenvalue weighted by atomic mass is 9.99. The van der Waals surface area contributed by atoms with Crippen LogP contribution in [0.4, 0.5) is 0 Å². The third-order valence-electron chi connectivity index (χ3n) is 7.08. The lowest BCUT2D eigenvalue weighted by Crippen LogP contribution is -2.60. The van der Waals surface area contributed by atoms with Crippen LogP contribution in [-0.2, 0) is 43.5 Å². The number of aryl methyl sites for hydroxylation is 1. The maximum Gasteiger partial charge on any atom is 0.162 e. The molecule has 0 unspecified atom stereocenters. The molecule has 6 heteroatoms. The van der Waals surface area contributed by atoms with Gasteiger partial charge in [-0.1, -0.05) is 127 Å². The second-order valence-corrected chi connectivity index (χ2v) is 11.4. The van der Waals surface area contributed by atoms with Crippen molar-refractivity contribution in [3.63, 3.8) is 0 Å². The van der Waals surface area contributed by atoms with Gasteiger partial charge in [0.2, 0.25) is 0 Å². The predicted octanol–water partition coefficient (Wildman–Crippen LogP) is 7.73. The van der Waals surface area contributed by atoms with E-state index in [4.69, 9.17) is 23.7 Å². The quantitative estimate of drug-likeness (QED) is 0.142. The Morgan fingerprint density at radius 3 is 1.74 bits per heavy atom. The molecule has 5 atom stereocenters. The van der Waals surface area contributed by atoms with Crippen molar-refractivity contribution in [1.29, 1.82) is 0 Å². The molecule has 0 spiro atoms. The van der Waals surface area contributed by atoms with Crippen molar-refractivity contribution in [2.24, 2.45) is 0 Å². The van der Waals surface area contributed by atoms with Crippen LogP contribution in [0.2, 0.25) is 0 Å². The van der Waals surface area contributed by atoms with Crippen LogP contribution in [0.1, 0.15) is 22.3 Å². The first-order valence-corrected chi connectivity index (χ1v) is 15.2. The van der Waals surface area contributed by atoms with Crippen molar-refractivity contribution < 1.29 is 23.7 Å². The molecule has 42 heavy (non-hydrogen) atoms. The fourth-order valence-electron chi connectivity index (χ4n) is 4.91. The van der Waals surface area contributed by atoms with Crippen LogP contribution in [0.15, 0.2) is 133 Å². The monoisotopic (exact) mass is 582 g/mol. The summed E-state index contributed by atoms with van der Waals surface area (Å²) in [6.07, 6.45) is -0.302. The number of rotatable bonds is 14. The van der Waals surface area contributed by atoms with Gasteiger partial charge in [-0.3, -0.25) is 0 Å². The fraction of sp³-hybridized carbons (Fsp3) is 0.278. The highest BCUT2D eigenvalue weighted by molar-refractivity contribution is 7.99. The Labute approximate surface area is 253 Å². The molecule has 0 amide bonds. The summed E-state index contributed by atoms with van der Waals surface area (Å²) in [5.74, 6) is 0. The highest BCUT2D eigenvalue weighted by Crippen LogP contribution is 2.38. The Balaban J connectivity index is 1.42. The molecule has 4 aromatic carbocycles. The number of ether oxygens (including phenoxy) is 5. The van der Waals surface area contributed by atoms with Crippen molar-refractivity contribution >= 4 is 11.8 Å². The Bertz CT molecular complexity index is 1330. The molecule has 1 saturated heterocycles. The van der Waals surface area contributed by atoms with Gasteiger partial charge in [0, 0.05) is 4.90 Å². The van der Waals surface area contributed by atoms with Gasteiger partial charge in [0.25, 0.3) is 0 Å². The number of hydrogen-bond donors (Lipinski definition) is 0. The van der Waals surface area contributed by atoms with Gasteiger partial charge in [0.1, 0.15) is 23.7 Å². The van der Waals surface area contributed by atoms with Crippen molar-refractivity contribution in [3.8, 4) is 0 Å². The van der Waals surface area contributed by atoms with E-state index < -0.39 is 24.4 Å². The molecule has 0 saturated carbocycles. The second-order valence-electron chi connectivity index (χ2n) is 10.3. The zero-order valence-electron chi connectivity index (χ0n) is 23.9. The minimum Gasteiger partial charge on any atom is -0.492 e. The lowest BCUT2D eigenvalue weighted by molar-refractivity contribution is -0.244. The van der Waals surface area contributed by atoms with Gasteiger partial charge in [-0.05, 0) is 35.7 Å². The van der Waals surface area contributed by atoms with Gasteiger partial charge in [-0.2, -0.15) is 0 Å². The van der Waals surface area contributed by atoms with E-state index in [0.29, 0.717) is 26.4 Å². The van der Waals surface area contributed by atoms with E-state index in [0.717, 1.165) is 21.6 Å². The Morgan fingerprint density at radius 1 is 0.667 bits per heavy atom. The molecule has 5 rings (SSSR count). The molecule has 0 bridgehead atoms. The van der Waals surface area contributed by atoms with Gasteiger partial charge < -0.3 is 23.7 Å². The summed E-state index contributed by atoms with van der Waals surface area (Å²) < 4.78 is 32.5. The molecule has 0 aliphatic carbocycles. The summed E-state index contributed by atoms with van der Waals surface area (Å²) in [7, 11) is 0. The van der Waals surface area contributed by atoms with Crippen molar-refractivity contribution in [1.82, 2.24) is 0 Å². The number of thioether (sulfide) groups is 1. The molecule has 218 valence electrons. The van der Waals surface area contributed by atoms with E-state index in [2.05, 4.69) is 74.2 Å². The molecule has 5 nitrogen and oxygen atoms in total.